The third kappa shape index (κ3) is 3.22. The van der Waals surface area contributed by atoms with Crippen LogP contribution in [0.5, 0.6) is 11.5 Å². The average molecular weight is 354 g/mol. The Labute approximate surface area is 152 Å². The van der Waals surface area contributed by atoms with E-state index in [0.717, 1.165) is 16.8 Å². The molecule has 1 aliphatic rings. The summed E-state index contributed by atoms with van der Waals surface area (Å²) in [5.41, 5.74) is 2.60. The number of rotatable bonds is 5. The summed E-state index contributed by atoms with van der Waals surface area (Å²) in [6.45, 7) is 0. The number of fused-ring (bicyclic) bond motifs is 1. The van der Waals surface area contributed by atoms with Crippen molar-refractivity contribution in [2.45, 2.75) is 18.9 Å². The summed E-state index contributed by atoms with van der Waals surface area (Å²) in [6.07, 6.45) is 0.690. The third-order valence-corrected chi connectivity index (χ3v) is 4.60. The van der Waals surface area contributed by atoms with Crippen molar-refractivity contribution in [3.05, 3.63) is 53.6 Å². The van der Waals surface area contributed by atoms with Crippen LogP contribution in [0.1, 0.15) is 11.1 Å². The minimum atomic E-state index is -0.523. The van der Waals surface area contributed by atoms with Crippen LogP contribution < -0.4 is 19.7 Å². The Bertz CT molecular complexity index is 834. The van der Waals surface area contributed by atoms with Gasteiger partial charge in [-0.05, 0) is 29.3 Å². The number of methoxy groups -OCH3 is 2. The normalized spacial score (nSPS) is 15.3. The Morgan fingerprint density at radius 1 is 1.12 bits per heavy atom. The van der Waals surface area contributed by atoms with Crippen LogP contribution in [-0.2, 0) is 22.4 Å². The van der Waals surface area contributed by atoms with E-state index in [9.17, 15) is 9.59 Å². The van der Waals surface area contributed by atoms with Crippen LogP contribution in [-0.4, -0.2) is 39.1 Å². The second-order valence-corrected chi connectivity index (χ2v) is 6.09. The van der Waals surface area contributed by atoms with E-state index < -0.39 is 6.04 Å². The Morgan fingerprint density at radius 3 is 2.54 bits per heavy atom. The standard InChI is InChI=1S/C20H22N2O4/c1-21-20(24)16-12-14-6-4-5-7-15(14)22(16)19(23)11-13-8-9-17(25-2)18(10-13)26-3/h4-10,16H,11-12H2,1-3H3,(H,21,24)/t16-/m0/s1. The molecular formula is C20H22N2O4. The van der Waals surface area contributed by atoms with E-state index in [2.05, 4.69) is 5.32 Å². The lowest BCUT2D eigenvalue weighted by molar-refractivity contribution is -0.125. The van der Waals surface area contributed by atoms with Gasteiger partial charge in [0.05, 0.1) is 20.6 Å². The molecule has 2 aromatic carbocycles. The number of nitrogens with zero attached hydrogens (tertiary/aromatic N) is 1. The van der Waals surface area contributed by atoms with Gasteiger partial charge in [-0.1, -0.05) is 24.3 Å². The maximum absolute atomic E-state index is 13.0. The van der Waals surface area contributed by atoms with Crippen LogP contribution in [0.2, 0.25) is 0 Å². The second-order valence-electron chi connectivity index (χ2n) is 6.09. The maximum Gasteiger partial charge on any atom is 0.243 e. The van der Waals surface area contributed by atoms with Crippen LogP contribution in [0.25, 0.3) is 0 Å². The molecule has 1 heterocycles. The molecular weight excluding hydrogens is 332 g/mol. The molecule has 1 N–H and O–H groups in total. The first-order valence-electron chi connectivity index (χ1n) is 8.41. The number of hydrogen-bond acceptors (Lipinski definition) is 4. The molecule has 1 aliphatic heterocycles. The first-order chi connectivity index (χ1) is 12.6. The lowest BCUT2D eigenvalue weighted by Gasteiger charge is -2.24. The fourth-order valence-electron chi connectivity index (χ4n) is 3.32. The fourth-order valence-corrected chi connectivity index (χ4v) is 3.32. The van der Waals surface area contributed by atoms with Crippen molar-refractivity contribution >= 4 is 17.5 Å². The number of carbonyl (C=O) groups is 2. The quantitative estimate of drug-likeness (QED) is 0.891. The van der Waals surface area contributed by atoms with Crippen molar-refractivity contribution in [1.82, 2.24) is 5.32 Å². The number of anilines is 1. The van der Waals surface area contributed by atoms with E-state index in [4.69, 9.17) is 9.47 Å². The molecule has 0 saturated carbocycles. The molecule has 1 atom stereocenters. The number of likely N-dealkylation sites (N-methyl/N-ethyl adjacent to an activating group) is 1. The first kappa shape index (κ1) is 17.8. The van der Waals surface area contributed by atoms with Crippen LogP contribution in [0.4, 0.5) is 5.69 Å². The van der Waals surface area contributed by atoms with Crippen LogP contribution in [0, 0.1) is 0 Å². The molecule has 0 unspecified atom stereocenters. The molecule has 0 radical (unpaired) electrons. The van der Waals surface area contributed by atoms with Gasteiger partial charge in [0.1, 0.15) is 6.04 Å². The highest BCUT2D eigenvalue weighted by Crippen LogP contribution is 2.33. The van der Waals surface area contributed by atoms with Crippen LogP contribution in [0.15, 0.2) is 42.5 Å². The molecule has 2 amide bonds. The predicted octanol–water partition coefficient (Wildman–Crippen LogP) is 1.95. The van der Waals surface area contributed by atoms with Gasteiger partial charge in [-0.2, -0.15) is 0 Å². The number of ether oxygens (including phenoxy) is 2. The van der Waals surface area contributed by atoms with Crippen molar-refractivity contribution in [2.75, 3.05) is 26.2 Å². The lowest BCUT2D eigenvalue weighted by Crippen LogP contribution is -2.47. The van der Waals surface area contributed by atoms with Gasteiger partial charge in [0.15, 0.2) is 11.5 Å². The number of hydrogen-bond donors (Lipinski definition) is 1. The van der Waals surface area contributed by atoms with Gasteiger partial charge in [0.25, 0.3) is 0 Å². The highest BCUT2D eigenvalue weighted by molar-refractivity contribution is 6.04. The Hall–Kier alpha value is -3.02. The van der Waals surface area contributed by atoms with E-state index >= 15 is 0 Å². The van der Waals surface area contributed by atoms with Crippen molar-refractivity contribution in [3.8, 4) is 11.5 Å². The number of nitrogens with one attached hydrogen (secondary N) is 1. The van der Waals surface area contributed by atoms with Crippen LogP contribution >= 0.6 is 0 Å². The van der Waals surface area contributed by atoms with Gasteiger partial charge in [0, 0.05) is 19.2 Å². The second kappa shape index (κ2) is 7.47. The minimum absolute atomic E-state index is 0.129. The maximum atomic E-state index is 13.0. The SMILES string of the molecule is CNC(=O)[C@@H]1Cc2ccccc2N1C(=O)Cc1ccc(OC)c(OC)c1. The van der Waals surface area contributed by atoms with Crippen molar-refractivity contribution in [1.29, 1.82) is 0 Å². The van der Waals surface area contributed by atoms with Gasteiger partial charge < -0.3 is 14.8 Å². The summed E-state index contributed by atoms with van der Waals surface area (Å²) in [5, 5.41) is 2.65. The monoisotopic (exact) mass is 354 g/mol. The summed E-state index contributed by atoms with van der Waals surface area (Å²) in [7, 11) is 4.71. The summed E-state index contributed by atoms with van der Waals surface area (Å²) in [4.78, 5) is 26.9. The number of amides is 2. The third-order valence-electron chi connectivity index (χ3n) is 4.60. The Kier molecular flexibility index (Phi) is 5.11. The lowest BCUT2D eigenvalue weighted by atomic mass is 10.1. The zero-order valence-corrected chi connectivity index (χ0v) is 15.1. The van der Waals surface area contributed by atoms with Gasteiger partial charge in [-0.3, -0.25) is 14.5 Å². The smallest absolute Gasteiger partial charge is 0.243 e. The molecule has 136 valence electrons. The summed E-state index contributed by atoms with van der Waals surface area (Å²) < 4.78 is 10.5. The Balaban J connectivity index is 1.88. The largest absolute Gasteiger partial charge is 0.493 e. The average Bonchev–Trinajstić information content (AvgIpc) is 3.06. The summed E-state index contributed by atoms with van der Waals surface area (Å²) in [5.74, 6) is 0.888. The zero-order valence-electron chi connectivity index (χ0n) is 15.1. The molecule has 6 heteroatoms. The van der Waals surface area contributed by atoms with E-state index in [0.29, 0.717) is 17.9 Å². The molecule has 0 fully saturated rings. The molecule has 0 aliphatic carbocycles. The molecule has 0 spiro atoms. The van der Waals surface area contributed by atoms with Gasteiger partial charge in [-0.15, -0.1) is 0 Å². The van der Waals surface area contributed by atoms with E-state index in [-0.39, 0.29) is 18.2 Å². The molecule has 3 rings (SSSR count). The number of para-hydroxylation sites is 1. The van der Waals surface area contributed by atoms with Crippen LogP contribution in [0.3, 0.4) is 0 Å². The predicted molar refractivity (Wildman–Crippen MR) is 98.7 cm³/mol. The Morgan fingerprint density at radius 2 is 1.85 bits per heavy atom. The van der Waals surface area contributed by atoms with Gasteiger partial charge in [0.2, 0.25) is 11.8 Å². The summed E-state index contributed by atoms with van der Waals surface area (Å²) in [6, 6.07) is 12.5. The molecule has 0 saturated heterocycles. The first-order valence-corrected chi connectivity index (χ1v) is 8.41. The molecule has 26 heavy (non-hydrogen) atoms. The van der Waals surface area contributed by atoms with Crippen molar-refractivity contribution in [2.24, 2.45) is 0 Å². The minimum Gasteiger partial charge on any atom is -0.493 e. The topological polar surface area (TPSA) is 67.9 Å². The highest BCUT2D eigenvalue weighted by Gasteiger charge is 2.37. The van der Waals surface area contributed by atoms with Gasteiger partial charge in [-0.25, -0.2) is 0 Å². The molecule has 2 aromatic rings. The highest BCUT2D eigenvalue weighted by atomic mass is 16.5. The fraction of sp³-hybridized carbons (Fsp3) is 0.300. The summed E-state index contributed by atoms with van der Waals surface area (Å²) >= 11 is 0. The van der Waals surface area contributed by atoms with E-state index in [1.807, 2.05) is 30.3 Å². The number of benzene rings is 2. The molecule has 0 bridgehead atoms. The van der Waals surface area contributed by atoms with E-state index in [1.165, 1.54) is 0 Å². The molecule has 0 aromatic heterocycles. The molecule has 6 nitrogen and oxygen atoms in total. The van der Waals surface area contributed by atoms with Gasteiger partial charge >= 0.3 is 0 Å². The van der Waals surface area contributed by atoms with E-state index in [1.54, 1.807) is 38.3 Å². The van der Waals surface area contributed by atoms with Crippen molar-refractivity contribution < 1.29 is 19.1 Å². The van der Waals surface area contributed by atoms with Crippen molar-refractivity contribution in [3.63, 3.8) is 0 Å². The zero-order chi connectivity index (χ0) is 18.7. The number of carbonyl (C=O) groups excluding carboxylic acids is 2.